The zero-order valence-electron chi connectivity index (χ0n) is 17.5. The van der Waals surface area contributed by atoms with Crippen LogP contribution in [-0.2, 0) is 12.0 Å². The largest absolute Gasteiger partial charge is 0.507 e. The highest BCUT2D eigenvalue weighted by Crippen LogP contribution is 2.33. The fourth-order valence-corrected chi connectivity index (χ4v) is 4.43. The SMILES string of the molecule is Cc1cc(Pc2c(C)cccc2CNC(C)(C)C)c(O)c(C(C)(C)C)c1. The summed E-state index contributed by atoms with van der Waals surface area (Å²) in [5.41, 5.74) is 4.85. The van der Waals surface area contributed by atoms with Gasteiger partial charge in [0.1, 0.15) is 5.75 Å². The normalized spacial score (nSPS) is 12.9. The van der Waals surface area contributed by atoms with Gasteiger partial charge in [-0.1, -0.05) is 53.6 Å². The lowest BCUT2D eigenvalue weighted by atomic mass is 9.85. The Morgan fingerprint density at radius 2 is 1.65 bits per heavy atom. The van der Waals surface area contributed by atoms with Gasteiger partial charge in [0.25, 0.3) is 0 Å². The second-order valence-electron chi connectivity index (χ2n) is 9.30. The lowest BCUT2D eigenvalue weighted by molar-refractivity contribution is 0.425. The van der Waals surface area contributed by atoms with Crippen LogP contribution in [0.25, 0.3) is 0 Å². The van der Waals surface area contributed by atoms with Crippen LogP contribution in [0, 0.1) is 13.8 Å². The molecule has 2 aromatic rings. The van der Waals surface area contributed by atoms with E-state index in [1.807, 2.05) is 0 Å². The number of hydrogen-bond donors (Lipinski definition) is 2. The average molecular weight is 372 g/mol. The molecule has 0 radical (unpaired) electrons. The monoisotopic (exact) mass is 371 g/mol. The molecule has 0 bridgehead atoms. The molecule has 2 nitrogen and oxygen atoms in total. The molecular weight excluding hydrogens is 337 g/mol. The first-order valence-corrected chi connectivity index (χ1v) is 10.3. The number of rotatable bonds is 4. The first kappa shape index (κ1) is 20.9. The molecule has 3 heteroatoms. The smallest absolute Gasteiger partial charge is 0.127 e. The van der Waals surface area contributed by atoms with Gasteiger partial charge in [-0.05, 0) is 68.1 Å². The van der Waals surface area contributed by atoms with Gasteiger partial charge in [-0.25, -0.2) is 0 Å². The number of aryl methyl sites for hydroxylation is 2. The van der Waals surface area contributed by atoms with E-state index in [9.17, 15) is 5.11 Å². The zero-order chi connectivity index (χ0) is 19.7. The van der Waals surface area contributed by atoms with Crippen LogP contribution < -0.4 is 15.9 Å². The van der Waals surface area contributed by atoms with Gasteiger partial charge in [-0.3, -0.25) is 0 Å². The van der Waals surface area contributed by atoms with Crippen LogP contribution in [0.1, 0.15) is 63.8 Å². The third-order valence-electron chi connectivity index (χ3n) is 4.49. The van der Waals surface area contributed by atoms with E-state index in [2.05, 4.69) is 91.0 Å². The summed E-state index contributed by atoms with van der Waals surface area (Å²) in [7, 11) is 0.448. The molecule has 2 aromatic carbocycles. The van der Waals surface area contributed by atoms with Crippen LogP contribution in [0.3, 0.4) is 0 Å². The van der Waals surface area contributed by atoms with E-state index in [0.29, 0.717) is 14.3 Å². The molecular formula is C23H34NOP. The standard InChI is InChI=1S/C23H34NOP/c1-15-12-18(22(3,4)5)20(25)19(13-15)26-21-16(2)10-9-11-17(21)14-24-23(6,7)8/h9-13,24-26H,14H2,1-8H3. The Balaban J connectivity index is 2.45. The van der Waals surface area contributed by atoms with Crippen molar-refractivity contribution in [2.75, 3.05) is 0 Å². The van der Waals surface area contributed by atoms with E-state index in [1.54, 1.807) is 0 Å². The van der Waals surface area contributed by atoms with E-state index in [4.69, 9.17) is 0 Å². The van der Waals surface area contributed by atoms with Crippen molar-refractivity contribution in [3.63, 3.8) is 0 Å². The second-order valence-corrected chi connectivity index (χ2v) is 10.6. The molecule has 2 rings (SSSR count). The fraction of sp³-hybridized carbons (Fsp3) is 0.478. The van der Waals surface area contributed by atoms with E-state index in [1.165, 1.54) is 22.0 Å². The molecule has 0 aliphatic rings. The topological polar surface area (TPSA) is 32.3 Å². The minimum Gasteiger partial charge on any atom is -0.507 e. The number of hydrogen-bond acceptors (Lipinski definition) is 2. The van der Waals surface area contributed by atoms with Crippen molar-refractivity contribution in [2.24, 2.45) is 0 Å². The maximum Gasteiger partial charge on any atom is 0.127 e. The van der Waals surface area contributed by atoms with Gasteiger partial charge in [0.05, 0.1) is 0 Å². The van der Waals surface area contributed by atoms with E-state index < -0.39 is 0 Å². The van der Waals surface area contributed by atoms with Gasteiger partial charge in [-0.2, -0.15) is 0 Å². The van der Waals surface area contributed by atoms with Crippen molar-refractivity contribution in [3.8, 4) is 5.75 Å². The van der Waals surface area contributed by atoms with Crippen LogP contribution in [0.4, 0.5) is 0 Å². The van der Waals surface area contributed by atoms with Crippen molar-refractivity contribution >= 4 is 19.2 Å². The molecule has 0 amide bonds. The van der Waals surface area contributed by atoms with Crippen LogP contribution in [-0.4, -0.2) is 10.6 Å². The Labute approximate surface area is 161 Å². The highest BCUT2D eigenvalue weighted by Gasteiger charge is 2.21. The van der Waals surface area contributed by atoms with Crippen molar-refractivity contribution in [3.05, 3.63) is 52.6 Å². The molecule has 0 aliphatic carbocycles. The molecule has 0 aromatic heterocycles. The van der Waals surface area contributed by atoms with Gasteiger partial charge in [0, 0.05) is 23.0 Å². The second kappa shape index (κ2) is 7.71. The number of benzene rings is 2. The number of phenols is 1. The molecule has 0 saturated heterocycles. The van der Waals surface area contributed by atoms with Crippen LogP contribution >= 0.6 is 8.58 Å². The maximum atomic E-state index is 10.9. The van der Waals surface area contributed by atoms with Crippen LogP contribution in [0.2, 0.25) is 0 Å². The molecule has 0 saturated carbocycles. The Kier molecular flexibility index (Phi) is 6.20. The maximum absolute atomic E-state index is 10.9. The van der Waals surface area contributed by atoms with E-state index in [-0.39, 0.29) is 11.0 Å². The Bertz CT molecular complexity index is 782. The summed E-state index contributed by atoms with van der Waals surface area (Å²) in [4.78, 5) is 0. The molecule has 1 atom stereocenters. The summed E-state index contributed by atoms with van der Waals surface area (Å²) >= 11 is 0. The van der Waals surface area contributed by atoms with Crippen molar-refractivity contribution < 1.29 is 5.11 Å². The summed E-state index contributed by atoms with van der Waals surface area (Å²) in [5.74, 6) is 0.458. The molecule has 0 fully saturated rings. The molecule has 0 spiro atoms. The lowest BCUT2D eigenvalue weighted by Gasteiger charge is -2.24. The average Bonchev–Trinajstić information content (AvgIpc) is 2.49. The lowest BCUT2D eigenvalue weighted by Crippen LogP contribution is -2.36. The fourth-order valence-electron chi connectivity index (χ4n) is 3.00. The summed E-state index contributed by atoms with van der Waals surface area (Å²) in [6, 6.07) is 10.7. The molecule has 2 N–H and O–H groups in total. The first-order valence-electron chi connectivity index (χ1n) is 9.33. The van der Waals surface area contributed by atoms with Crippen molar-refractivity contribution in [1.82, 2.24) is 5.32 Å². The Hall–Kier alpha value is -1.37. The van der Waals surface area contributed by atoms with Gasteiger partial charge in [0.2, 0.25) is 0 Å². The highest BCUT2D eigenvalue weighted by molar-refractivity contribution is 7.56. The van der Waals surface area contributed by atoms with E-state index in [0.717, 1.165) is 17.4 Å². The molecule has 0 aliphatic heterocycles. The number of aromatic hydroxyl groups is 1. The van der Waals surface area contributed by atoms with Gasteiger partial charge in [0.15, 0.2) is 0 Å². The van der Waals surface area contributed by atoms with E-state index >= 15 is 0 Å². The molecule has 142 valence electrons. The minimum absolute atomic E-state index is 0.0717. The molecule has 26 heavy (non-hydrogen) atoms. The van der Waals surface area contributed by atoms with Gasteiger partial charge >= 0.3 is 0 Å². The minimum atomic E-state index is -0.0717. The first-order chi connectivity index (χ1) is 11.9. The predicted molar refractivity (Wildman–Crippen MR) is 117 cm³/mol. The molecule has 1 unspecified atom stereocenters. The third-order valence-corrected chi connectivity index (χ3v) is 6.11. The molecule has 0 heterocycles. The highest BCUT2D eigenvalue weighted by atomic mass is 31.1. The summed E-state index contributed by atoms with van der Waals surface area (Å²) < 4.78 is 0. The number of phenolic OH excluding ortho intramolecular Hbond substituents is 1. The summed E-state index contributed by atoms with van der Waals surface area (Å²) in [6.45, 7) is 18.1. The van der Waals surface area contributed by atoms with Crippen molar-refractivity contribution in [1.29, 1.82) is 0 Å². The van der Waals surface area contributed by atoms with Crippen molar-refractivity contribution in [2.45, 2.75) is 72.9 Å². The summed E-state index contributed by atoms with van der Waals surface area (Å²) in [6.07, 6.45) is 0. The van der Waals surface area contributed by atoms with Gasteiger partial charge < -0.3 is 10.4 Å². The zero-order valence-corrected chi connectivity index (χ0v) is 18.5. The Morgan fingerprint density at radius 1 is 1.00 bits per heavy atom. The number of nitrogens with one attached hydrogen (secondary N) is 1. The summed E-state index contributed by atoms with van der Waals surface area (Å²) in [5, 5.41) is 16.9. The van der Waals surface area contributed by atoms with Crippen LogP contribution in [0.5, 0.6) is 5.75 Å². The quantitative estimate of drug-likeness (QED) is 0.755. The Morgan fingerprint density at radius 3 is 2.23 bits per heavy atom. The third kappa shape index (κ3) is 5.32. The van der Waals surface area contributed by atoms with Gasteiger partial charge in [-0.15, -0.1) is 0 Å². The van der Waals surface area contributed by atoms with Crippen LogP contribution in [0.15, 0.2) is 30.3 Å². The predicted octanol–water partition coefficient (Wildman–Crippen LogP) is 4.82.